The maximum absolute atomic E-state index is 11.9. The number of esters is 1. The Morgan fingerprint density at radius 3 is 2.41 bits per heavy atom. The maximum atomic E-state index is 11.9. The highest BCUT2D eigenvalue weighted by atomic mass is 16.6. The van der Waals surface area contributed by atoms with E-state index in [0.29, 0.717) is 12.5 Å². The number of ketones is 1. The number of hydrogen-bond acceptors (Lipinski definition) is 4. The lowest BCUT2D eigenvalue weighted by atomic mass is 10.1. The van der Waals surface area contributed by atoms with Crippen molar-refractivity contribution in [2.45, 2.75) is 97.2 Å². The molecule has 1 aliphatic heterocycles. The van der Waals surface area contributed by atoms with Crippen LogP contribution in [0.2, 0.25) is 0 Å². The largest absolute Gasteiger partial charge is 0.446 e. The molecule has 0 N–H and O–H groups in total. The van der Waals surface area contributed by atoms with Gasteiger partial charge >= 0.3 is 5.97 Å². The van der Waals surface area contributed by atoms with Crippen molar-refractivity contribution in [2.24, 2.45) is 0 Å². The lowest BCUT2D eigenvalue weighted by molar-refractivity contribution is -0.158. The molecule has 0 aromatic heterocycles. The van der Waals surface area contributed by atoms with Gasteiger partial charge in [-0.3, -0.25) is 9.69 Å². The first-order chi connectivity index (χ1) is 10.6. The number of carbonyl (C=O) groups excluding carboxylic acids is 2. The zero-order valence-electron chi connectivity index (χ0n) is 14.6. The minimum absolute atomic E-state index is 0.0441. The maximum Gasteiger partial charge on any atom is 0.307 e. The van der Waals surface area contributed by atoms with Gasteiger partial charge in [0.25, 0.3) is 0 Å². The van der Waals surface area contributed by atoms with E-state index in [0.717, 1.165) is 25.8 Å². The van der Waals surface area contributed by atoms with Gasteiger partial charge in [-0.15, -0.1) is 0 Å². The normalized spacial score (nSPS) is 22.0. The van der Waals surface area contributed by atoms with Crippen molar-refractivity contribution < 1.29 is 14.3 Å². The average molecular weight is 311 g/mol. The molecule has 128 valence electrons. The Labute approximate surface area is 135 Å². The monoisotopic (exact) mass is 311 g/mol. The molecule has 1 saturated heterocycles. The first-order valence-corrected chi connectivity index (χ1v) is 9.03. The Kier molecular flexibility index (Phi) is 9.37. The molecule has 0 aromatic rings. The fourth-order valence-corrected chi connectivity index (χ4v) is 3.18. The fourth-order valence-electron chi connectivity index (χ4n) is 3.18. The Bertz CT molecular complexity index is 343. The number of carbonyl (C=O) groups is 2. The molecule has 1 fully saturated rings. The number of unbranched alkanes of at least 4 members (excludes halogenated alkanes) is 4. The van der Waals surface area contributed by atoms with Gasteiger partial charge in [0.1, 0.15) is 5.78 Å². The van der Waals surface area contributed by atoms with Gasteiger partial charge in [0.15, 0.2) is 6.23 Å². The first-order valence-electron chi connectivity index (χ1n) is 9.03. The second-order valence-corrected chi connectivity index (χ2v) is 6.44. The van der Waals surface area contributed by atoms with E-state index in [-0.39, 0.29) is 24.4 Å². The number of nitrogens with zero attached hydrogens (tertiary/aromatic N) is 1. The van der Waals surface area contributed by atoms with E-state index in [4.69, 9.17) is 4.74 Å². The van der Waals surface area contributed by atoms with Crippen molar-refractivity contribution >= 4 is 11.8 Å². The molecular formula is C18H33NO3. The highest BCUT2D eigenvalue weighted by Gasteiger charge is 2.34. The van der Waals surface area contributed by atoms with Crippen LogP contribution in [0.15, 0.2) is 0 Å². The molecule has 2 atom stereocenters. The fraction of sp³-hybridized carbons (Fsp3) is 0.889. The zero-order valence-corrected chi connectivity index (χ0v) is 14.6. The smallest absolute Gasteiger partial charge is 0.307 e. The van der Waals surface area contributed by atoms with Crippen molar-refractivity contribution in [1.29, 1.82) is 0 Å². The van der Waals surface area contributed by atoms with Crippen molar-refractivity contribution in [3.8, 4) is 0 Å². The van der Waals surface area contributed by atoms with Crippen LogP contribution in [-0.2, 0) is 14.3 Å². The number of Topliss-reactive ketones (excluding diaryl/α,β-unsaturated/α-hetero) is 1. The molecule has 0 spiro atoms. The topological polar surface area (TPSA) is 46.6 Å². The highest BCUT2D eigenvalue weighted by Crippen LogP contribution is 2.28. The summed E-state index contributed by atoms with van der Waals surface area (Å²) in [5.74, 6) is -0.185. The van der Waals surface area contributed by atoms with Crippen LogP contribution in [0.4, 0.5) is 0 Å². The molecule has 0 bridgehead atoms. The molecule has 0 amide bonds. The van der Waals surface area contributed by atoms with E-state index >= 15 is 0 Å². The van der Waals surface area contributed by atoms with Gasteiger partial charge in [-0.25, -0.2) is 0 Å². The third kappa shape index (κ3) is 6.91. The molecular weight excluding hydrogens is 278 g/mol. The lowest BCUT2D eigenvalue weighted by Gasteiger charge is -2.29. The molecule has 22 heavy (non-hydrogen) atoms. The molecule has 0 aliphatic carbocycles. The third-order valence-electron chi connectivity index (χ3n) is 4.53. The van der Waals surface area contributed by atoms with E-state index in [1.807, 2.05) is 0 Å². The summed E-state index contributed by atoms with van der Waals surface area (Å²) in [6, 6.07) is 0.539. The van der Waals surface area contributed by atoms with E-state index in [1.54, 1.807) is 0 Å². The summed E-state index contributed by atoms with van der Waals surface area (Å²) in [6.45, 7) is 6.96. The van der Waals surface area contributed by atoms with E-state index < -0.39 is 0 Å². The van der Waals surface area contributed by atoms with Crippen LogP contribution in [0, 0.1) is 0 Å². The van der Waals surface area contributed by atoms with Crippen molar-refractivity contribution in [2.75, 3.05) is 6.54 Å². The summed E-state index contributed by atoms with van der Waals surface area (Å²) >= 11 is 0. The minimum Gasteiger partial charge on any atom is -0.446 e. The third-order valence-corrected chi connectivity index (χ3v) is 4.53. The first kappa shape index (κ1) is 19.1. The van der Waals surface area contributed by atoms with Gasteiger partial charge in [0, 0.05) is 19.0 Å². The van der Waals surface area contributed by atoms with E-state index in [2.05, 4.69) is 18.7 Å². The minimum atomic E-state index is -0.229. The SMILES string of the molecule is CCCCCCCN1[C@H](CC)CC[C@@H]1OC(=O)CCC(C)=O. The molecule has 1 aliphatic rings. The zero-order chi connectivity index (χ0) is 16.4. The van der Waals surface area contributed by atoms with Crippen LogP contribution in [0.1, 0.15) is 85.0 Å². The highest BCUT2D eigenvalue weighted by molar-refractivity contribution is 5.81. The number of ether oxygens (including phenoxy) is 1. The predicted molar refractivity (Wildman–Crippen MR) is 88.6 cm³/mol. The molecule has 1 heterocycles. The Balaban J connectivity index is 2.39. The molecule has 4 nitrogen and oxygen atoms in total. The van der Waals surface area contributed by atoms with Gasteiger partial charge in [0.2, 0.25) is 0 Å². The van der Waals surface area contributed by atoms with E-state index in [9.17, 15) is 9.59 Å². The quantitative estimate of drug-likeness (QED) is 0.426. The second kappa shape index (κ2) is 10.8. The summed E-state index contributed by atoms with van der Waals surface area (Å²) in [4.78, 5) is 25.2. The summed E-state index contributed by atoms with van der Waals surface area (Å²) in [6.07, 6.45) is 9.88. The summed E-state index contributed by atoms with van der Waals surface area (Å²) in [5, 5.41) is 0. The molecule has 0 saturated carbocycles. The number of likely N-dealkylation sites (tertiary alicyclic amines) is 1. The van der Waals surface area contributed by atoms with Gasteiger partial charge in [-0.05, 0) is 32.6 Å². The average Bonchev–Trinajstić information content (AvgIpc) is 2.87. The number of hydrogen-bond donors (Lipinski definition) is 0. The Morgan fingerprint density at radius 1 is 1.05 bits per heavy atom. The second-order valence-electron chi connectivity index (χ2n) is 6.44. The molecule has 1 rings (SSSR count). The summed E-state index contributed by atoms with van der Waals surface area (Å²) in [5.41, 5.74) is 0. The molecule has 0 unspecified atom stereocenters. The van der Waals surface area contributed by atoms with Crippen LogP contribution >= 0.6 is 0 Å². The van der Waals surface area contributed by atoms with Crippen LogP contribution in [0.3, 0.4) is 0 Å². The van der Waals surface area contributed by atoms with Crippen molar-refractivity contribution in [1.82, 2.24) is 4.90 Å². The standard InChI is InChI=1S/C18H33NO3/c1-4-6-7-8-9-14-19-16(5-2)11-12-17(19)22-18(21)13-10-15(3)20/h16-17H,4-14H2,1-3H3/t16-,17+/m1/s1. The van der Waals surface area contributed by atoms with Gasteiger partial charge < -0.3 is 9.53 Å². The Morgan fingerprint density at radius 2 is 1.77 bits per heavy atom. The van der Waals surface area contributed by atoms with Gasteiger partial charge in [-0.1, -0.05) is 39.5 Å². The van der Waals surface area contributed by atoms with E-state index in [1.165, 1.54) is 39.0 Å². The molecule has 0 radical (unpaired) electrons. The van der Waals surface area contributed by atoms with Crippen LogP contribution < -0.4 is 0 Å². The van der Waals surface area contributed by atoms with Crippen molar-refractivity contribution in [3.05, 3.63) is 0 Å². The van der Waals surface area contributed by atoms with Crippen LogP contribution in [-0.4, -0.2) is 35.5 Å². The van der Waals surface area contributed by atoms with Crippen LogP contribution in [0.25, 0.3) is 0 Å². The van der Waals surface area contributed by atoms with Gasteiger partial charge in [0.05, 0.1) is 6.42 Å². The molecule has 0 aromatic carbocycles. The summed E-state index contributed by atoms with van der Waals surface area (Å²) in [7, 11) is 0. The predicted octanol–water partition coefficient (Wildman–Crippen LogP) is 4.07. The molecule has 4 heteroatoms. The van der Waals surface area contributed by atoms with Gasteiger partial charge in [-0.2, -0.15) is 0 Å². The van der Waals surface area contributed by atoms with Crippen LogP contribution in [0.5, 0.6) is 0 Å². The number of rotatable bonds is 11. The Hall–Kier alpha value is -0.900. The van der Waals surface area contributed by atoms with Crippen molar-refractivity contribution in [3.63, 3.8) is 0 Å². The summed E-state index contributed by atoms with van der Waals surface area (Å²) < 4.78 is 5.62. The lowest BCUT2D eigenvalue weighted by Crippen LogP contribution is -2.39.